The summed E-state index contributed by atoms with van der Waals surface area (Å²) in [5.74, 6) is 0.752. The average Bonchev–Trinajstić information content (AvgIpc) is 2.75. The van der Waals surface area contributed by atoms with Gasteiger partial charge in [-0.25, -0.2) is 5.43 Å². The van der Waals surface area contributed by atoms with E-state index in [-0.39, 0.29) is 12.2 Å². The number of nitrogens with zero attached hydrogens (tertiary/aromatic N) is 1. The van der Waals surface area contributed by atoms with Gasteiger partial charge in [0.05, 0.1) is 31.5 Å². The van der Waals surface area contributed by atoms with Crippen LogP contribution in [0.15, 0.2) is 47.6 Å². The molecule has 2 rings (SSSR count). The fourth-order valence-corrected chi connectivity index (χ4v) is 2.47. The van der Waals surface area contributed by atoms with Crippen molar-refractivity contribution in [2.24, 2.45) is 5.10 Å². The molecule has 0 aliphatic carbocycles. The number of hydrazone groups is 1. The predicted molar refractivity (Wildman–Crippen MR) is 114 cm³/mol. The SMILES string of the molecule is CCCOc1ccc(/C=N\NC(=O)CNc2cccc(C(F)(F)F)c2)c(OCCC)c1. The van der Waals surface area contributed by atoms with Crippen LogP contribution in [0.5, 0.6) is 11.5 Å². The second kappa shape index (κ2) is 11.8. The first-order valence-electron chi connectivity index (χ1n) is 9.96. The van der Waals surface area contributed by atoms with Gasteiger partial charge in [0.2, 0.25) is 0 Å². The normalized spacial score (nSPS) is 11.4. The third-order valence-electron chi connectivity index (χ3n) is 3.96. The number of nitrogens with one attached hydrogen (secondary N) is 2. The summed E-state index contributed by atoms with van der Waals surface area (Å²) in [6.07, 6.45) is -1.29. The summed E-state index contributed by atoms with van der Waals surface area (Å²) in [7, 11) is 0. The van der Waals surface area contributed by atoms with Crippen molar-refractivity contribution in [3.05, 3.63) is 53.6 Å². The van der Waals surface area contributed by atoms with E-state index in [4.69, 9.17) is 9.47 Å². The number of halogens is 3. The molecule has 0 bridgehead atoms. The van der Waals surface area contributed by atoms with Gasteiger partial charge in [-0.15, -0.1) is 0 Å². The summed E-state index contributed by atoms with van der Waals surface area (Å²) >= 11 is 0. The van der Waals surface area contributed by atoms with Crippen LogP contribution in [0.3, 0.4) is 0 Å². The number of amides is 1. The van der Waals surface area contributed by atoms with E-state index in [0.717, 1.165) is 25.0 Å². The highest BCUT2D eigenvalue weighted by atomic mass is 19.4. The molecular formula is C22H26F3N3O3. The summed E-state index contributed by atoms with van der Waals surface area (Å²) in [6, 6.07) is 9.95. The first-order chi connectivity index (χ1) is 14.8. The molecule has 0 radical (unpaired) electrons. The molecule has 0 aromatic heterocycles. The summed E-state index contributed by atoms with van der Waals surface area (Å²) in [4.78, 5) is 12.0. The number of rotatable bonds is 11. The van der Waals surface area contributed by atoms with Gasteiger partial charge in [0.15, 0.2) is 0 Å². The van der Waals surface area contributed by atoms with Crippen LogP contribution < -0.4 is 20.2 Å². The van der Waals surface area contributed by atoms with Crippen molar-refractivity contribution in [2.75, 3.05) is 25.1 Å². The van der Waals surface area contributed by atoms with Crippen molar-refractivity contribution in [3.8, 4) is 11.5 Å². The molecule has 0 saturated carbocycles. The Hall–Kier alpha value is -3.23. The Balaban J connectivity index is 1.94. The van der Waals surface area contributed by atoms with Crippen molar-refractivity contribution in [1.29, 1.82) is 0 Å². The highest BCUT2D eigenvalue weighted by molar-refractivity contribution is 5.86. The number of anilines is 1. The van der Waals surface area contributed by atoms with Gasteiger partial charge in [0.25, 0.3) is 5.91 Å². The Bertz CT molecular complexity index is 886. The number of carbonyl (C=O) groups excluding carboxylic acids is 1. The van der Waals surface area contributed by atoms with Crippen molar-refractivity contribution >= 4 is 17.8 Å². The Morgan fingerprint density at radius 1 is 1.06 bits per heavy atom. The molecule has 2 N–H and O–H groups in total. The van der Waals surface area contributed by atoms with Gasteiger partial charge >= 0.3 is 6.18 Å². The van der Waals surface area contributed by atoms with Crippen molar-refractivity contribution in [1.82, 2.24) is 5.43 Å². The van der Waals surface area contributed by atoms with Gasteiger partial charge < -0.3 is 14.8 Å². The largest absolute Gasteiger partial charge is 0.493 e. The second-order valence-corrected chi connectivity index (χ2v) is 6.62. The topological polar surface area (TPSA) is 72.0 Å². The molecular weight excluding hydrogens is 411 g/mol. The molecule has 2 aromatic carbocycles. The molecule has 0 fully saturated rings. The van der Waals surface area contributed by atoms with E-state index in [2.05, 4.69) is 15.8 Å². The zero-order valence-corrected chi connectivity index (χ0v) is 17.5. The molecule has 0 spiro atoms. The number of hydrogen-bond acceptors (Lipinski definition) is 5. The van der Waals surface area contributed by atoms with Gasteiger partial charge in [-0.3, -0.25) is 4.79 Å². The van der Waals surface area contributed by atoms with Gasteiger partial charge in [0.1, 0.15) is 11.5 Å². The van der Waals surface area contributed by atoms with Crippen LogP contribution in [0.25, 0.3) is 0 Å². The van der Waals surface area contributed by atoms with E-state index in [9.17, 15) is 18.0 Å². The second-order valence-electron chi connectivity index (χ2n) is 6.62. The number of ether oxygens (including phenoxy) is 2. The van der Waals surface area contributed by atoms with E-state index in [1.165, 1.54) is 18.3 Å². The number of alkyl halides is 3. The first kappa shape index (κ1) is 24.0. The van der Waals surface area contributed by atoms with Crippen molar-refractivity contribution < 1.29 is 27.4 Å². The third kappa shape index (κ3) is 8.19. The number of benzene rings is 2. The quantitative estimate of drug-likeness (QED) is 0.390. The van der Waals surface area contributed by atoms with Crippen molar-refractivity contribution in [2.45, 2.75) is 32.9 Å². The lowest BCUT2D eigenvalue weighted by Gasteiger charge is -2.11. The molecule has 31 heavy (non-hydrogen) atoms. The lowest BCUT2D eigenvalue weighted by Crippen LogP contribution is -2.26. The molecule has 168 valence electrons. The zero-order valence-electron chi connectivity index (χ0n) is 17.5. The minimum atomic E-state index is -4.45. The van der Waals surface area contributed by atoms with Gasteiger partial charge in [-0.1, -0.05) is 19.9 Å². The van der Waals surface area contributed by atoms with E-state index < -0.39 is 17.6 Å². The predicted octanol–water partition coefficient (Wildman–Crippen LogP) is 4.85. The van der Waals surface area contributed by atoms with Crippen LogP contribution in [-0.2, 0) is 11.0 Å². The zero-order chi connectivity index (χ0) is 22.7. The molecule has 0 saturated heterocycles. The molecule has 0 aliphatic rings. The fourth-order valence-electron chi connectivity index (χ4n) is 2.47. The van der Waals surface area contributed by atoms with Gasteiger partial charge in [-0.2, -0.15) is 18.3 Å². The smallest absolute Gasteiger partial charge is 0.416 e. The number of carbonyl (C=O) groups is 1. The van der Waals surface area contributed by atoms with Gasteiger partial charge in [0, 0.05) is 17.3 Å². The molecule has 9 heteroatoms. The molecule has 6 nitrogen and oxygen atoms in total. The maximum Gasteiger partial charge on any atom is 0.416 e. The highest BCUT2D eigenvalue weighted by Gasteiger charge is 2.30. The molecule has 0 atom stereocenters. The Labute approximate surface area is 179 Å². The summed E-state index contributed by atoms with van der Waals surface area (Å²) < 4.78 is 49.6. The number of hydrogen-bond donors (Lipinski definition) is 2. The van der Waals surface area contributed by atoms with E-state index in [1.54, 1.807) is 18.2 Å². The molecule has 2 aromatic rings. The molecule has 0 aliphatic heterocycles. The molecule has 0 heterocycles. The van der Waals surface area contributed by atoms with Crippen LogP contribution in [0.4, 0.5) is 18.9 Å². The van der Waals surface area contributed by atoms with E-state index in [1.807, 2.05) is 13.8 Å². The monoisotopic (exact) mass is 437 g/mol. The Morgan fingerprint density at radius 2 is 1.81 bits per heavy atom. The molecule has 1 amide bonds. The summed E-state index contributed by atoms with van der Waals surface area (Å²) in [5.41, 5.74) is 2.39. The lowest BCUT2D eigenvalue weighted by molar-refractivity contribution is -0.137. The van der Waals surface area contributed by atoms with Crippen molar-refractivity contribution in [3.63, 3.8) is 0 Å². The minimum Gasteiger partial charge on any atom is -0.493 e. The first-order valence-corrected chi connectivity index (χ1v) is 9.96. The third-order valence-corrected chi connectivity index (χ3v) is 3.96. The minimum absolute atomic E-state index is 0.187. The van der Waals surface area contributed by atoms with Gasteiger partial charge in [-0.05, 0) is 43.2 Å². The standard InChI is InChI=1S/C22H26F3N3O3/c1-3-10-30-19-9-8-16(20(13-19)31-11-4-2)14-27-28-21(29)15-26-18-7-5-6-17(12-18)22(23,24)25/h5-9,12-14,26H,3-4,10-11,15H2,1-2H3,(H,28,29)/b27-14-. The lowest BCUT2D eigenvalue weighted by atomic mass is 10.2. The van der Waals surface area contributed by atoms with Crippen LogP contribution in [-0.4, -0.2) is 31.9 Å². The summed E-state index contributed by atoms with van der Waals surface area (Å²) in [6.45, 7) is 4.88. The van der Waals surface area contributed by atoms with Crippen LogP contribution in [0.1, 0.15) is 37.8 Å². The van der Waals surface area contributed by atoms with Crippen LogP contribution in [0.2, 0.25) is 0 Å². The summed E-state index contributed by atoms with van der Waals surface area (Å²) in [5, 5.41) is 6.55. The van der Waals surface area contributed by atoms with E-state index >= 15 is 0 Å². The average molecular weight is 437 g/mol. The van der Waals surface area contributed by atoms with Crippen LogP contribution >= 0.6 is 0 Å². The van der Waals surface area contributed by atoms with E-state index in [0.29, 0.717) is 30.3 Å². The fraction of sp³-hybridized carbons (Fsp3) is 0.364. The molecule has 0 unspecified atom stereocenters. The Morgan fingerprint density at radius 3 is 2.52 bits per heavy atom. The maximum atomic E-state index is 12.7. The highest BCUT2D eigenvalue weighted by Crippen LogP contribution is 2.30. The maximum absolute atomic E-state index is 12.7. The van der Waals surface area contributed by atoms with Crippen LogP contribution in [0, 0.1) is 0 Å². The Kier molecular flexibility index (Phi) is 9.17.